The van der Waals surface area contributed by atoms with Gasteiger partial charge in [0.1, 0.15) is 5.56 Å². The summed E-state index contributed by atoms with van der Waals surface area (Å²) in [6, 6.07) is 3.55. The van der Waals surface area contributed by atoms with Crippen LogP contribution in [0, 0.1) is 0 Å². The van der Waals surface area contributed by atoms with Crippen molar-refractivity contribution in [3.63, 3.8) is 0 Å². The molecule has 1 saturated heterocycles. The minimum Gasteiger partial charge on any atom is -0.477 e. The number of nitrogens with one attached hydrogen (secondary N) is 2. The first kappa shape index (κ1) is 17.2. The lowest BCUT2D eigenvalue weighted by atomic mass is 10.0. The largest absolute Gasteiger partial charge is 0.477 e. The zero-order valence-electron chi connectivity index (χ0n) is 13.7. The van der Waals surface area contributed by atoms with Crippen LogP contribution in [-0.4, -0.2) is 61.0 Å². The summed E-state index contributed by atoms with van der Waals surface area (Å²) in [5.74, 6) is 0.222. The summed E-state index contributed by atoms with van der Waals surface area (Å²) in [6.07, 6.45) is 3.26. The predicted molar refractivity (Wildman–Crippen MR) is 86.4 cm³/mol. The standard InChI is InChI=1S/C16H24N4O3/c1-3-23-16-13(5-4-8-18-16)15(22)19-12-6-9-20(10-7-12)11-14(21)17-2/h4-5,8,12H,3,6-7,9-11H2,1-2H3,(H,17,21)(H,19,22). The van der Waals surface area contributed by atoms with Crippen LogP contribution >= 0.6 is 0 Å². The van der Waals surface area contributed by atoms with Crippen LogP contribution in [0.4, 0.5) is 0 Å². The number of aromatic nitrogens is 1. The number of ether oxygens (including phenoxy) is 1. The monoisotopic (exact) mass is 320 g/mol. The molecule has 0 saturated carbocycles. The lowest BCUT2D eigenvalue weighted by molar-refractivity contribution is -0.122. The second kappa shape index (κ2) is 8.47. The van der Waals surface area contributed by atoms with Crippen molar-refractivity contribution < 1.29 is 14.3 Å². The number of piperidine rings is 1. The van der Waals surface area contributed by atoms with Gasteiger partial charge in [0.05, 0.1) is 13.2 Å². The highest BCUT2D eigenvalue weighted by molar-refractivity contribution is 5.96. The van der Waals surface area contributed by atoms with Gasteiger partial charge in [-0.05, 0) is 31.9 Å². The van der Waals surface area contributed by atoms with Gasteiger partial charge >= 0.3 is 0 Å². The Morgan fingerprint density at radius 2 is 2.13 bits per heavy atom. The predicted octanol–water partition coefficient (Wildman–Crippen LogP) is 0.421. The smallest absolute Gasteiger partial charge is 0.256 e. The van der Waals surface area contributed by atoms with Crippen molar-refractivity contribution in [1.29, 1.82) is 0 Å². The molecular weight excluding hydrogens is 296 g/mol. The maximum atomic E-state index is 12.4. The van der Waals surface area contributed by atoms with Crippen LogP contribution in [0.15, 0.2) is 18.3 Å². The van der Waals surface area contributed by atoms with Crippen molar-refractivity contribution in [2.75, 3.05) is 33.3 Å². The number of likely N-dealkylation sites (N-methyl/N-ethyl adjacent to an activating group) is 1. The summed E-state index contributed by atoms with van der Waals surface area (Å²) in [7, 11) is 1.64. The van der Waals surface area contributed by atoms with Crippen LogP contribution in [0.3, 0.4) is 0 Å². The lowest BCUT2D eigenvalue weighted by Gasteiger charge is -2.31. The van der Waals surface area contributed by atoms with Gasteiger partial charge in [0.25, 0.3) is 5.91 Å². The fourth-order valence-electron chi connectivity index (χ4n) is 2.60. The van der Waals surface area contributed by atoms with E-state index in [2.05, 4.69) is 20.5 Å². The summed E-state index contributed by atoms with van der Waals surface area (Å²) in [4.78, 5) is 30.0. The van der Waals surface area contributed by atoms with E-state index < -0.39 is 0 Å². The molecule has 0 radical (unpaired) electrons. The SMILES string of the molecule is CCOc1ncccc1C(=O)NC1CCN(CC(=O)NC)CC1. The highest BCUT2D eigenvalue weighted by atomic mass is 16.5. The molecule has 1 aromatic rings. The van der Waals surface area contributed by atoms with Gasteiger partial charge in [-0.25, -0.2) is 4.98 Å². The molecule has 1 aliphatic heterocycles. The molecule has 0 atom stereocenters. The number of nitrogens with zero attached hydrogens (tertiary/aromatic N) is 2. The second-order valence-corrected chi connectivity index (χ2v) is 5.49. The first-order valence-electron chi connectivity index (χ1n) is 7.95. The van der Waals surface area contributed by atoms with Crippen LogP contribution in [0.25, 0.3) is 0 Å². The van der Waals surface area contributed by atoms with Crippen LogP contribution in [0.2, 0.25) is 0 Å². The third-order valence-corrected chi connectivity index (χ3v) is 3.87. The Hall–Kier alpha value is -2.15. The Kier molecular flexibility index (Phi) is 6.34. The van der Waals surface area contributed by atoms with Crippen molar-refractivity contribution in [3.8, 4) is 5.88 Å². The Bertz CT molecular complexity index is 542. The van der Waals surface area contributed by atoms with Crippen LogP contribution in [0.5, 0.6) is 5.88 Å². The normalized spacial score (nSPS) is 15.9. The summed E-state index contributed by atoms with van der Waals surface area (Å²) in [6.45, 7) is 4.33. The van der Waals surface area contributed by atoms with E-state index >= 15 is 0 Å². The topological polar surface area (TPSA) is 83.6 Å². The van der Waals surface area contributed by atoms with Crippen molar-refractivity contribution >= 4 is 11.8 Å². The third-order valence-electron chi connectivity index (χ3n) is 3.87. The molecule has 23 heavy (non-hydrogen) atoms. The van der Waals surface area contributed by atoms with Gasteiger partial charge in [0, 0.05) is 32.4 Å². The van der Waals surface area contributed by atoms with Crippen molar-refractivity contribution in [2.45, 2.75) is 25.8 Å². The minimum absolute atomic E-state index is 0.0178. The molecule has 0 aromatic carbocycles. The summed E-state index contributed by atoms with van der Waals surface area (Å²) in [5, 5.41) is 5.66. The minimum atomic E-state index is -0.161. The molecule has 1 aromatic heterocycles. The zero-order valence-corrected chi connectivity index (χ0v) is 13.7. The van der Waals surface area contributed by atoms with E-state index in [1.165, 1.54) is 0 Å². The number of amides is 2. The number of carbonyl (C=O) groups is 2. The van der Waals surface area contributed by atoms with Gasteiger partial charge in [-0.3, -0.25) is 14.5 Å². The van der Waals surface area contributed by atoms with Gasteiger partial charge < -0.3 is 15.4 Å². The molecule has 2 N–H and O–H groups in total. The molecule has 2 amide bonds. The van der Waals surface area contributed by atoms with Crippen LogP contribution < -0.4 is 15.4 Å². The summed E-state index contributed by atoms with van der Waals surface area (Å²) < 4.78 is 5.40. The number of hydrogen-bond acceptors (Lipinski definition) is 5. The molecule has 0 aliphatic carbocycles. The van der Waals surface area contributed by atoms with Crippen molar-refractivity contribution in [2.24, 2.45) is 0 Å². The Morgan fingerprint density at radius 3 is 2.78 bits per heavy atom. The van der Waals surface area contributed by atoms with E-state index in [4.69, 9.17) is 4.74 Å². The van der Waals surface area contributed by atoms with E-state index in [0.717, 1.165) is 25.9 Å². The van der Waals surface area contributed by atoms with Gasteiger partial charge in [0.15, 0.2) is 0 Å². The van der Waals surface area contributed by atoms with Gasteiger partial charge in [-0.2, -0.15) is 0 Å². The molecule has 1 aliphatic rings. The zero-order chi connectivity index (χ0) is 16.7. The van der Waals surface area contributed by atoms with E-state index in [1.54, 1.807) is 25.4 Å². The first-order valence-corrected chi connectivity index (χ1v) is 7.95. The maximum absolute atomic E-state index is 12.4. The fraction of sp³-hybridized carbons (Fsp3) is 0.562. The van der Waals surface area contributed by atoms with Gasteiger partial charge in [0.2, 0.25) is 11.8 Å². The average molecular weight is 320 g/mol. The highest BCUT2D eigenvalue weighted by Gasteiger charge is 2.23. The molecule has 0 bridgehead atoms. The van der Waals surface area contributed by atoms with Crippen LogP contribution in [-0.2, 0) is 4.79 Å². The molecular formula is C16H24N4O3. The average Bonchev–Trinajstić information content (AvgIpc) is 2.57. The lowest BCUT2D eigenvalue weighted by Crippen LogP contribution is -2.47. The second-order valence-electron chi connectivity index (χ2n) is 5.49. The molecule has 0 spiro atoms. The number of carbonyl (C=O) groups excluding carboxylic acids is 2. The number of likely N-dealkylation sites (tertiary alicyclic amines) is 1. The van der Waals surface area contributed by atoms with Crippen LogP contribution in [0.1, 0.15) is 30.1 Å². The number of hydrogen-bond donors (Lipinski definition) is 2. The third kappa shape index (κ3) is 4.92. The van der Waals surface area contributed by atoms with Gasteiger partial charge in [-0.15, -0.1) is 0 Å². The number of rotatable bonds is 6. The molecule has 0 unspecified atom stereocenters. The Labute approximate surface area is 136 Å². The number of pyridine rings is 1. The van der Waals surface area contributed by atoms with Gasteiger partial charge in [-0.1, -0.05) is 0 Å². The van der Waals surface area contributed by atoms with E-state index in [0.29, 0.717) is 24.6 Å². The Balaban J connectivity index is 1.87. The molecule has 2 heterocycles. The highest BCUT2D eigenvalue weighted by Crippen LogP contribution is 2.16. The maximum Gasteiger partial charge on any atom is 0.256 e. The molecule has 126 valence electrons. The van der Waals surface area contributed by atoms with E-state index in [1.807, 2.05) is 6.92 Å². The van der Waals surface area contributed by atoms with Crippen molar-refractivity contribution in [1.82, 2.24) is 20.5 Å². The molecule has 2 rings (SSSR count). The molecule has 1 fully saturated rings. The molecule has 7 nitrogen and oxygen atoms in total. The summed E-state index contributed by atoms with van der Waals surface area (Å²) >= 11 is 0. The Morgan fingerprint density at radius 1 is 1.39 bits per heavy atom. The fourth-order valence-corrected chi connectivity index (χ4v) is 2.60. The summed E-state index contributed by atoms with van der Waals surface area (Å²) in [5.41, 5.74) is 0.460. The quantitative estimate of drug-likeness (QED) is 0.794. The first-order chi connectivity index (χ1) is 11.1. The van der Waals surface area contributed by atoms with E-state index in [9.17, 15) is 9.59 Å². The molecule has 7 heteroatoms. The van der Waals surface area contributed by atoms with E-state index in [-0.39, 0.29) is 17.9 Å². The van der Waals surface area contributed by atoms with Crippen molar-refractivity contribution in [3.05, 3.63) is 23.9 Å².